The number of halogens is 3. The molecule has 0 saturated carbocycles. The van der Waals surface area contributed by atoms with Crippen LogP contribution in [-0.4, -0.2) is 51.5 Å². The summed E-state index contributed by atoms with van der Waals surface area (Å²) in [5.41, 5.74) is 1.29. The molecule has 158 valence electrons. The Labute approximate surface area is 167 Å². The lowest BCUT2D eigenvalue weighted by Gasteiger charge is -2.25. The number of hydrogen-bond donors (Lipinski definition) is 2. The Kier molecular flexibility index (Phi) is 7.72. The van der Waals surface area contributed by atoms with Crippen LogP contribution in [0.15, 0.2) is 48.5 Å². The van der Waals surface area contributed by atoms with Crippen LogP contribution in [0.3, 0.4) is 0 Å². The van der Waals surface area contributed by atoms with Crippen LogP contribution in [0.4, 0.5) is 23.7 Å². The van der Waals surface area contributed by atoms with E-state index in [1.807, 2.05) is 43.3 Å². The number of likely N-dealkylation sites (N-methyl/N-ethyl adjacent to an activating group) is 1. The third-order valence-corrected chi connectivity index (χ3v) is 4.05. The van der Waals surface area contributed by atoms with Gasteiger partial charge in [0, 0.05) is 18.3 Å². The van der Waals surface area contributed by atoms with E-state index in [4.69, 9.17) is 4.74 Å². The van der Waals surface area contributed by atoms with Crippen LogP contribution in [0.5, 0.6) is 11.5 Å². The summed E-state index contributed by atoms with van der Waals surface area (Å²) in [5, 5.41) is 5.36. The quantitative estimate of drug-likeness (QED) is 0.688. The molecule has 0 aromatic heterocycles. The summed E-state index contributed by atoms with van der Waals surface area (Å²) < 4.78 is 46.7. The van der Waals surface area contributed by atoms with Gasteiger partial charge in [0.15, 0.2) is 6.61 Å². The fraction of sp³-hybridized carbons (Fsp3) is 0.350. The molecule has 0 heterocycles. The van der Waals surface area contributed by atoms with Crippen molar-refractivity contribution >= 4 is 11.7 Å². The number of benzene rings is 2. The fourth-order valence-corrected chi connectivity index (χ4v) is 2.64. The van der Waals surface area contributed by atoms with E-state index < -0.39 is 18.8 Å². The van der Waals surface area contributed by atoms with Gasteiger partial charge in [0.2, 0.25) is 0 Å². The summed E-state index contributed by atoms with van der Waals surface area (Å²) in [6.07, 6.45) is -4.43. The number of anilines is 1. The number of carbonyl (C=O) groups excluding carboxylic acids is 1. The minimum absolute atomic E-state index is 0.0164. The molecule has 2 aromatic rings. The van der Waals surface area contributed by atoms with Crippen molar-refractivity contribution in [1.29, 1.82) is 0 Å². The third kappa shape index (κ3) is 7.53. The Bertz CT molecular complexity index is 813. The number of carbonyl (C=O) groups is 1. The van der Waals surface area contributed by atoms with Gasteiger partial charge >= 0.3 is 12.2 Å². The molecule has 0 fully saturated rings. The highest BCUT2D eigenvalue weighted by molar-refractivity contribution is 5.89. The molecule has 6 nitrogen and oxygen atoms in total. The molecular weight excluding hydrogens is 387 g/mol. The number of nitrogens with one attached hydrogen (secondary N) is 2. The second-order valence-corrected chi connectivity index (χ2v) is 6.52. The van der Waals surface area contributed by atoms with E-state index in [1.165, 1.54) is 18.2 Å². The monoisotopic (exact) mass is 411 g/mol. The zero-order valence-corrected chi connectivity index (χ0v) is 16.4. The van der Waals surface area contributed by atoms with Gasteiger partial charge in [0.05, 0.1) is 13.2 Å². The van der Waals surface area contributed by atoms with Crippen molar-refractivity contribution in [2.75, 3.05) is 39.7 Å². The van der Waals surface area contributed by atoms with E-state index >= 15 is 0 Å². The highest BCUT2D eigenvalue weighted by Gasteiger charge is 2.28. The number of ether oxygens (including phenoxy) is 2. The Balaban J connectivity index is 1.95. The Morgan fingerprint density at radius 3 is 2.45 bits per heavy atom. The molecule has 0 aliphatic carbocycles. The number of urea groups is 1. The summed E-state index contributed by atoms with van der Waals surface area (Å²) in [6, 6.07) is 12.7. The first-order chi connectivity index (χ1) is 13.7. The van der Waals surface area contributed by atoms with Gasteiger partial charge < -0.3 is 25.0 Å². The molecule has 0 aliphatic heterocycles. The SMILES string of the molecule is COc1cccc(C(CNC(=O)Nc2cccc(OCC(F)(F)F)c2)N(C)C)c1. The van der Waals surface area contributed by atoms with Gasteiger partial charge in [0.1, 0.15) is 11.5 Å². The molecule has 2 aromatic carbocycles. The number of rotatable bonds is 8. The van der Waals surface area contributed by atoms with Crippen LogP contribution in [0.2, 0.25) is 0 Å². The normalized spacial score (nSPS) is 12.4. The smallest absolute Gasteiger partial charge is 0.422 e. The lowest BCUT2D eigenvalue weighted by atomic mass is 10.1. The molecule has 0 saturated heterocycles. The summed E-state index contributed by atoms with van der Waals surface area (Å²) in [4.78, 5) is 14.2. The largest absolute Gasteiger partial charge is 0.497 e. The number of alkyl halides is 3. The van der Waals surface area contributed by atoms with Crippen LogP contribution in [0, 0.1) is 0 Å². The van der Waals surface area contributed by atoms with E-state index in [1.54, 1.807) is 13.2 Å². The van der Waals surface area contributed by atoms with Gasteiger partial charge in [-0.3, -0.25) is 0 Å². The third-order valence-electron chi connectivity index (χ3n) is 4.05. The van der Waals surface area contributed by atoms with Crippen LogP contribution >= 0.6 is 0 Å². The van der Waals surface area contributed by atoms with Crippen molar-refractivity contribution in [2.45, 2.75) is 12.2 Å². The first kappa shape index (κ1) is 22.4. The van der Waals surface area contributed by atoms with Crippen LogP contribution in [0.1, 0.15) is 11.6 Å². The maximum absolute atomic E-state index is 12.3. The molecule has 1 atom stereocenters. The molecule has 29 heavy (non-hydrogen) atoms. The van der Waals surface area contributed by atoms with Gasteiger partial charge in [-0.25, -0.2) is 4.79 Å². The Hall–Kier alpha value is -2.94. The number of methoxy groups -OCH3 is 1. The molecular formula is C20H24F3N3O3. The molecule has 0 spiro atoms. The lowest BCUT2D eigenvalue weighted by Crippen LogP contribution is -2.36. The average Bonchev–Trinajstić information content (AvgIpc) is 2.66. The zero-order valence-electron chi connectivity index (χ0n) is 16.4. The number of hydrogen-bond acceptors (Lipinski definition) is 4. The second-order valence-electron chi connectivity index (χ2n) is 6.52. The summed E-state index contributed by atoms with van der Waals surface area (Å²) in [6.45, 7) is -1.08. The van der Waals surface area contributed by atoms with E-state index in [2.05, 4.69) is 15.4 Å². The van der Waals surface area contributed by atoms with Gasteiger partial charge in [-0.1, -0.05) is 18.2 Å². The van der Waals surface area contributed by atoms with Gasteiger partial charge in [-0.2, -0.15) is 13.2 Å². The zero-order chi connectivity index (χ0) is 21.4. The number of nitrogens with zero attached hydrogens (tertiary/aromatic N) is 1. The van der Waals surface area contributed by atoms with E-state index in [0.717, 1.165) is 11.3 Å². The highest BCUT2D eigenvalue weighted by Crippen LogP contribution is 2.23. The van der Waals surface area contributed by atoms with Gasteiger partial charge in [0.25, 0.3) is 0 Å². The predicted octanol–water partition coefficient (Wildman–Crippen LogP) is 4.06. The van der Waals surface area contributed by atoms with Crippen molar-refractivity contribution in [3.8, 4) is 11.5 Å². The van der Waals surface area contributed by atoms with Crippen molar-refractivity contribution in [3.63, 3.8) is 0 Å². The molecule has 0 radical (unpaired) electrons. The summed E-state index contributed by atoms with van der Waals surface area (Å²) >= 11 is 0. The van der Waals surface area contributed by atoms with Crippen molar-refractivity contribution in [2.24, 2.45) is 0 Å². The van der Waals surface area contributed by atoms with Crippen LogP contribution in [0.25, 0.3) is 0 Å². The Morgan fingerprint density at radius 2 is 1.79 bits per heavy atom. The van der Waals surface area contributed by atoms with Crippen molar-refractivity contribution in [3.05, 3.63) is 54.1 Å². The summed E-state index contributed by atoms with van der Waals surface area (Å²) in [7, 11) is 5.37. The molecule has 2 N–H and O–H groups in total. The van der Waals surface area contributed by atoms with Gasteiger partial charge in [-0.15, -0.1) is 0 Å². The first-order valence-corrected chi connectivity index (χ1v) is 8.83. The predicted molar refractivity (Wildman–Crippen MR) is 104 cm³/mol. The first-order valence-electron chi connectivity index (χ1n) is 8.83. The fourth-order valence-electron chi connectivity index (χ4n) is 2.64. The lowest BCUT2D eigenvalue weighted by molar-refractivity contribution is -0.153. The molecule has 0 bridgehead atoms. The number of amides is 2. The maximum atomic E-state index is 12.3. The Morgan fingerprint density at radius 1 is 1.10 bits per heavy atom. The molecule has 2 amide bonds. The molecule has 9 heteroatoms. The van der Waals surface area contributed by atoms with Crippen molar-refractivity contribution in [1.82, 2.24) is 10.2 Å². The average molecular weight is 411 g/mol. The second kappa shape index (κ2) is 10.0. The topological polar surface area (TPSA) is 62.8 Å². The molecule has 2 rings (SSSR count). The minimum atomic E-state index is -4.43. The van der Waals surface area contributed by atoms with Crippen LogP contribution < -0.4 is 20.1 Å². The summed E-state index contributed by atoms with van der Waals surface area (Å²) in [5.74, 6) is 0.733. The van der Waals surface area contributed by atoms with E-state index in [-0.39, 0.29) is 11.8 Å². The van der Waals surface area contributed by atoms with Gasteiger partial charge in [-0.05, 0) is 43.9 Å². The van der Waals surface area contributed by atoms with Crippen LogP contribution in [-0.2, 0) is 0 Å². The maximum Gasteiger partial charge on any atom is 0.422 e. The van der Waals surface area contributed by atoms with Crippen molar-refractivity contribution < 1.29 is 27.4 Å². The standard InChI is InChI=1S/C20H24F3N3O3/c1-26(2)18(14-6-4-8-16(10-14)28-3)12-24-19(27)25-15-7-5-9-17(11-15)29-13-20(21,22)23/h4-11,18H,12-13H2,1-3H3,(H2,24,25,27). The molecule has 0 aliphatic rings. The van der Waals surface area contributed by atoms with E-state index in [9.17, 15) is 18.0 Å². The van der Waals surface area contributed by atoms with E-state index in [0.29, 0.717) is 12.2 Å². The minimum Gasteiger partial charge on any atom is -0.497 e. The highest BCUT2D eigenvalue weighted by atomic mass is 19.4. The molecule has 1 unspecified atom stereocenters.